The maximum absolute atomic E-state index is 13.1. The zero-order valence-corrected chi connectivity index (χ0v) is 19.6. The second-order valence-electron chi connectivity index (χ2n) is 7.40. The predicted octanol–water partition coefficient (Wildman–Crippen LogP) is 4.19. The van der Waals surface area contributed by atoms with Gasteiger partial charge >= 0.3 is 5.97 Å². The Hall–Kier alpha value is -3.03. The molecule has 0 aromatic heterocycles. The number of alkyl halides is 1. The number of hydrogen-bond donors (Lipinski definition) is 0. The SMILES string of the molecule is COc1ccc(COC(=O)C2=C(/C=C\CCl)CS[C@H]3[C@H](N=Cc4ccccc4)C(=O)N23)cc1. The van der Waals surface area contributed by atoms with E-state index in [0.717, 1.165) is 22.4 Å². The third-order valence-electron chi connectivity index (χ3n) is 5.28. The van der Waals surface area contributed by atoms with Crippen LogP contribution in [0.2, 0.25) is 0 Å². The van der Waals surface area contributed by atoms with E-state index in [9.17, 15) is 9.59 Å². The van der Waals surface area contributed by atoms with Crippen LogP contribution in [-0.2, 0) is 20.9 Å². The van der Waals surface area contributed by atoms with Gasteiger partial charge in [0.2, 0.25) is 0 Å². The van der Waals surface area contributed by atoms with Crippen LogP contribution in [0.1, 0.15) is 11.1 Å². The fourth-order valence-electron chi connectivity index (χ4n) is 3.58. The van der Waals surface area contributed by atoms with Gasteiger partial charge in [-0.1, -0.05) is 54.6 Å². The van der Waals surface area contributed by atoms with E-state index >= 15 is 0 Å². The second kappa shape index (κ2) is 10.7. The molecular weight excluding hydrogens is 460 g/mol. The van der Waals surface area contributed by atoms with Crippen molar-refractivity contribution in [3.05, 3.63) is 89.1 Å². The lowest BCUT2D eigenvalue weighted by Gasteiger charge is -2.47. The number of allylic oxidation sites excluding steroid dienone is 2. The maximum Gasteiger partial charge on any atom is 0.355 e. The Bertz CT molecular complexity index is 1100. The highest BCUT2D eigenvalue weighted by Gasteiger charge is 2.53. The molecule has 0 N–H and O–H groups in total. The third-order valence-corrected chi connectivity index (χ3v) is 6.75. The molecular formula is C25H23ClN2O4S. The summed E-state index contributed by atoms with van der Waals surface area (Å²) in [6.45, 7) is 0.0915. The highest BCUT2D eigenvalue weighted by Crippen LogP contribution is 2.42. The van der Waals surface area contributed by atoms with E-state index in [2.05, 4.69) is 4.99 Å². The molecule has 6 nitrogen and oxygen atoms in total. The topological polar surface area (TPSA) is 68.2 Å². The number of esters is 1. The van der Waals surface area contributed by atoms with Gasteiger partial charge in [-0.05, 0) is 28.8 Å². The third kappa shape index (κ3) is 5.15. The van der Waals surface area contributed by atoms with Crippen molar-refractivity contribution in [2.75, 3.05) is 18.7 Å². The number of ether oxygens (including phenoxy) is 2. The summed E-state index contributed by atoms with van der Waals surface area (Å²) in [6.07, 6.45) is 5.24. The van der Waals surface area contributed by atoms with Crippen LogP contribution in [-0.4, -0.2) is 53.1 Å². The summed E-state index contributed by atoms with van der Waals surface area (Å²) in [5.41, 5.74) is 2.73. The number of fused-ring (bicyclic) bond motifs is 1. The Morgan fingerprint density at radius 3 is 2.67 bits per heavy atom. The van der Waals surface area contributed by atoms with Crippen molar-refractivity contribution in [1.29, 1.82) is 0 Å². The number of amides is 1. The van der Waals surface area contributed by atoms with Gasteiger partial charge in [-0.25, -0.2) is 4.79 Å². The largest absolute Gasteiger partial charge is 0.497 e. The monoisotopic (exact) mass is 482 g/mol. The first-order valence-corrected chi connectivity index (χ1v) is 12.0. The molecule has 4 rings (SSSR count). The van der Waals surface area contributed by atoms with Gasteiger partial charge < -0.3 is 9.47 Å². The minimum absolute atomic E-state index is 0.0915. The number of carbonyl (C=O) groups excluding carboxylic acids is 2. The number of methoxy groups -OCH3 is 1. The molecule has 170 valence electrons. The average Bonchev–Trinajstić information content (AvgIpc) is 2.86. The molecule has 0 spiro atoms. The van der Waals surface area contributed by atoms with E-state index in [4.69, 9.17) is 21.1 Å². The molecule has 1 amide bonds. The Morgan fingerprint density at radius 1 is 1.21 bits per heavy atom. The van der Waals surface area contributed by atoms with Crippen LogP contribution in [0.3, 0.4) is 0 Å². The lowest BCUT2D eigenvalue weighted by molar-refractivity contribution is -0.151. The number of rotatable bonds is 8. The van der Waals surface area contributed by atoms with E-state index in [1.54, 1.807) is 49.4 Å². The molecule has 33 heavy (non-hydrogen) atoms. The fourth-order valence-corrected chi connectivity index (χ4v) is 4.98. The summed E-state index contributed by atoms with van der Waals surface area (Å²) in [5, 5.41) is -0.242. The van der Waals surface area contributed by atoms with Crippen molar-refractivity contribution in [3.8, 4) is 5.75 Å². The molecule has 2 aliphatic heterocycles. The molecule has 2 heterocycles. The normalized spacial score (nSPS) is 20.2. The fraction of sp³-hybridized carbons (Fsp3) is 0.240. The average molecular weight is 483 g/mol. The molecule has 1 saturated heterocycles. The smallest absolute Gasteiger partial charge is 0.355 e. The number of thioether (sulfide) groups is 1. The first-order chi connectivity index (χ1) is 16.1. The molecule has 2 aliphatic rings. The summed E-state index contributed by atoms with van der Waals surface area (Å²) in [6, 6.07) is 16.4. The number of halogens is 1. The van der Waals surface area contributed by atoms with Gasteiger partial charge in [-0.15, -0.1) is 23.4 Å². The zero-order chi connectivity index (χ0) is 23.2. The van der Waals surface area contributed by atoms with E-state index in [-0.39, 0.29) is 23.6 Å². The molecule has 8 heteroatoms. The van der Waals surface area contributed by atoms with E-state index in [1.165, 1.54) is 4.90 Å². The minimum Gasteiger partial charge on any atom is -0.497 e. The van der Waals surface area contributed by atoms with Gasteiger partial charge in [0, 0.05) is 17.8 Å². The highest BCUT2D eigenvalue weighted by atomic mass is 35.5. The Balaban J connectivity index is 1.51. The summed E-state index contributed by atoms with van der Waals surface area (Å²) in [4.78, 5) is 32.1. The number of hydrogen-bond acceptors (Lipinski definition) is 6. The molecule has 0 unspecified atom stereocenters. The number of carbonyl (C=O) groups is 2. The Morgan fingerprint density at radius 2 is 1.97 bits per heavy atom. The van der Waals surface area contributed by atoms with E-state index in [1.807, 2.05) is 42.5 Å². The number of aliphatic imine (C=N–C) groups is 1. The molecule has 2 atom stereocenters. The van der Waals surface area contributed by atoms with Crippen LogP contribution in [0.15, 0.2) is 83.0 Å². The number of nitrogens with zero attached hydrogens (tertiary/aromatic N) is 2. The minimum atomic E-state index is -0.538. The second-order valence-corrected chi connectivity index (χ2v) is 8.81. The molecule has 0 bridgehead atoms. The Kier molecular flexibility index (Phi) is 7.52. The first kappa shape index (κ1) is 23.1. The van der Waals surface area contributed by atoms with Gasteiger partial charge in [0.1, 0.15) is 23.4 Å². The van der Waals surface area contributed by atoms with Crippen molar-refractivity contribution in [2.24, 2.45) is 4.99 Å². The Labute approximate surface area is 201 Å². The lowest BCUT2D eigenvalue weighted by Crippen LogP contribution is -2.64. The van der Waals surface area contributed by atoms with Crippen molar-refractivity contribution < 1.29 is 19.1 Å². The molecule has 0 radical (unpaired) electrons. The van der Waals surface area contributed by atoms with Crippen LogP contribution in [0.25, 0.3) is 0 Å². The predicted molar refractivity (Wildman–Crippen MR) is 131 cm³/mol. The van der Waals surface area contributed by atoms with E-state index < -0.39 is 12.0 Å². The van der Waals surface area contributed by atoms with Gasteiger partial charge in [-0.2, -0.15) is 0 Å². The van der Waals surface area contributed by atoms with Crippen molar-refractivity contribution in [2.45, 2.75) is 18.0 Å². The van der Waals surface area contributed by atoms with Gasteiger partial charge in [0.15, 0.2) is 6.04 Å². The van der Waals surface area contributed by atoms with E-state index in [0.29, 0.717) is 11.6 Å². The summed E-state index contributed by atoms with van der Waals surface area (Å²) in [5.74, 6) is 0.842. The first-order valence-electron chi connectivity index (χ1n) is 10.4. The molecule has 2 aromatic rings. The number of benzene rings is 2. The highest BCUT2D eigenvalue weighted by molar-refractivity contribution is 8.00. The van der Waals surface area contributed by atoms with Crippen LogP contribution in [0, 0.1) is 0 Å². The summed E-state index contributed by atoms with van der Waals surface area (Å²) in [7, 11) is 1.59. The van der Waals surface area contributed by atoms with Crippen molar-refractivity contribution in [1.82, 2.24) is 4.90 Å². The van der Waals surface area contributed by atoms with Gasteiger partial charge in [-0.3, -0.25) is 14.7 Å². The van der Waals surface area contributed by atoms with Crippen LogP contribution in [0.5, 0.6) is 5.75 Å². The lowest BCUT2D eigenvalue weighted by atomic mass is 10.0. The maximum atomic E-state index is 13.1. The van der Waals surface area contributed by atoms with Crippen LogP contribution >= 0.6 is 23.4 Å². The van der Waals surface area contributed by atoms with Gasteiger partial charge in [0.25, 0.3) is 5.91 Å². The molecule has 0 aliphatic carbocycles. The molecule has 1 fully saturated rings. The van der Waals surface area contributed by atoms with Gasteiger partial charge in [0.05, 0.1) is 7.11 Å². The van der Waals surface area contributed by atoms with Crippen molar-refractivity contribution >= 4 is 41.5 Å². The van der Waals surface area contributed by atoms with Crippen LogP contribution in [0.4, 0.5) is 0 Å². The zero-order valence-electron chi connectivity index (χ0n) is 18.0. The quantitative estimate of drug-likeness (QED) is 0.244. The molecule has 0 saturated carbocycles. The number of β-lactam (4-membered cyclic amide) rings is 1. The van der Waals surface area contributed by atoms with Crippen LogP contribution < -0.4 is 4.74 Å². The van der Waals surface area contributed by atoms with Crippen molar-refractivity contribution in [3.63, 3.8) is 0 Å². The standard InChI is InChI=1S/C25H23ClN2O4S/c1-31-20-11-9-18(10-12-20)15-32-25(30)22-19(8-5-13-26)16-33-24-21(23(29)28(22)24)27-14-17-6-3-2-4-7-17/h2-12,14,21,24H,13,15-16H2,1H3/b8-5-,27-14?/t21-,24+/m1/s1. The summed E-state index contributed by atoms with van der Waals surface area (Å²) >= 11 is 7.38. The molecule has 2 aromatic carbocycles. The summed E-state index contributed by atoms with van der Waals surface area (Å²) < 4.78 is 10.7.